The van der Waals surface area contributed by atoms with Crippen molar-refractivity contribution in [1.82, 2.24) is 4.72 Å². The molecular formula is C9H12N2O4S. The molecule has 0 aliphatic rings. The van der Waals surface area contributed by atoms with Crippen molar-refractivity contribution in [1.29, 1.82) is 0 Å². The summed E-state index contributed by atoms with van der Waals surface area (Å²) in [6, 6.07) is 4.54. The summed E-state index contributed by atoms with van der Waals surface area (Å²) in [5.41, 5.74) is 4.74. The first-order chi connectivity index (χ1) is 7.45. The molecule has 0 radical (unpaired) electrons. The van der Waals surface area contributed by atoms with Crippen LogP contribution in [0.2, 0.25) is 0 Å². The average molecular weight is 244 g/mol. The molecule has 16 heavy (non-hydrogen) atoms. The van der Waals surface area contributed by atoms with Crippen LogP contribution in [0.25, 0.3) is 0 Å². The van der Waals surface area contributed by atoms with Gasteiger partial charge in [-0.1, -0.05) is 0 Å². The lowest BCUT2D eigenvalue weighted by molar-refractivity contribution is 0.253. The number of amides is 2. The van der Waals surface area contributed by atoms with Gasteiger partial charge in [0.25, 0.3) is 10.0 Å². The lowest BCUT2D eigenvalue weighted by Crippen LogP contribution is -2.34. The van der Waals surface area contributed by atoms with Crippen molar-refractivity contribution in [2.24, 2.45) is 5.73 Å². The topological polar surface area (TPSA) is 98.5 Å². The normalized spacial score (nSPS) is 10.8. The van der Waals surface area contributed by atoms with Crippen molar-refractivity contribution in [3.05, 3.63) is 24.3 Å². The second kappa shape index (κ2) is 4.84. The van der Waals surface area contributed by atoms with Gasteiger partial charge >= 0.3 is 6.03 Å². The van der Waals surface area contributed by atoms with Crippen LogP contribution in [-0.2, 0) is 10.0 Å². The number of carbonyl (C=O) groups excluding carboxylic acids is 1. The lowest BCUT2D eigenvalue weighted by atomic mass is 10.3. The van der Waals surface area contributed by atoms with Crippen LogP contribution in [0.3, 0.4) is 0 Å². The molecule has 1 aromatic rings. The number of rotatable bonds is 4. The first-order valence-electron chi connectivity index (χ1n) is 4.51. The van der Waals surface area contributed by atoms with Crippen LogP contribution < -0.4 is 15.2 Å². The minimum Gasteiger partial charge on any atom is -0.494 e. The van der Waals surface area contributed by atoms with Crippen LogP contribution in [0.4, 0.5) is 4.79 Å². The summed E-state index contributed by atoms with van der Waals surface area (Å²) in [6.07, 6.45) is 0. The van der Waals surface area contributed by atoms with E-state index in [4.69, 9.17) is 10.5 Å². The summed E-state index contributed by atoms with van der Waals surface area (Å²) >= 11 is 0. The van der Waals surface area contributed by atoms with Crippen LogP contribution in [-0.4, -0.2) is 21.1 Å². The van der Waals surface area contributed by atoms with Crippen molar-refractivity contribution >= 4 is 16.1 Å². The van der Waals surface area contributed by atoms with Gasteiger partial charge in [-0.15, -0.1) is 0 Å². The molecule has 0 aromatic heterocycles. The number of benzene rings is 1. The Balaban J connectivity index is 2.93. The van der Waals surface area contributed by atoms with Gasteiger partial charge in [0.15, 0.2) is 0 Å². The van der Waals surface area contributed by atoms with E-state index in [2.05, 4.69) is 0 Å². The predicted octanol–water partition coefficient (Wildman–Crippen LogP) is 0.442. The molecule has 6 nitrogen and oxygen atoms in total. The Morgan fingerprint density at radius 3 is 2.38 bits per heavy atom. The molecular weight excluding hydrogens is 232 g/mol. The van der Waals surface area contributed by atoms with E-state index in [1.807, 2.05) is 6.92 Å². The number of ether oxygens (including phenoxy) is 1. The molecule has 1 aromatic carbocycles. The predicted molar refractivity (Wildman–Crippen MR) is 57.5 cm³/mol. The Labute approximate surface area is 93.5 Å². The van der Waals surface area contributed by atoms with Gasteiger partial charge in [-0.2, -0.15) is 0 Å². The third kappa shape index (κ3) is 3.13. The molecule has 0 heterocycles. The van der Waals surface area contributed by atoms with Crippen molar-refractivity contribution in [3.63, 3.8) is 0 Å². The van der Waals surface area contributed by atoms with E-state index in [9.17, 15) is 13.2 Å². The summed E-state index contributed by atoms with van der Waals surface area (Å²) in [5.74, 6) is 0.556. The Kier molecular flexibility index (Phi) is 3.73. The number of carbonyl (C=O) groups is 1. The van der Waals surface area contributed by atoms with E-state index in [0.29, 0.717) is 12.4 Å². The maximum atomic E-state index is 11.5. The SMILES string of the molecule is CCOc1ccc(S(=O)(=O)NC(N)=O)cc1. The first-order valence-corrected chi connectivity index (χ1v) is 5.99. The molecule has 0 spiro atoms. The van der Waals surface area contributed by atoms with Crippen LogP contribution in [0, 0.1) is 0 Å². The van der Waals surface area contributed by atoms with Gasteiger partial charge < -0.3 is 10.5 Å². The highest BCUT2D eigenvalue weighted by Crippen LogP contribution is 2.15. The zero-order valence-corrected chi connectivity index (χ0v) is 9.45. The largest absolute Gasteiger partial charge is 0.494 e. The van der Waals surface area contributed by atoms with E-state index in [0.717, 1.165) is 0 Å². The van der Waals surface area contributed by atoms with Crippen LogP contribution in [0.1, 0.15) is 6.92 Å². The van der Waals surface area contributed by atoms with Gasteiger partial charge in [-0.05, 0) is 31.2 Å². The summed E-state index contributed by atoms with van der Waals surface area (Å²) in [5, 5.41) is 0. The molecule has 1 rings (SSSR count). The van der Waals surface area contributed by atoms with Gasteiger partial charge in [-0.3, -0.25) is 0 Å². The van der Waals surface area contributed by atoms with Crippen molar-refractivity contribution < 1.29 is 17.9 Å². The summed E-state index contributed by atoms with van der Waals surface area (Å²) < 4.78 is 29.7. The van der Waals surface area contributed by atoms with Gasteiger partial charge in [0.05, 0.1) is 11.5 Å². The maximum Gasteiger partial charge on any atom is 0.326 e. The fourth-order valence-corrected chi connectivity index (χ4v) is 1.95. The molecule has 3 N–H and O–H groups in total. The van der Waals surface area contributed by atoms with E-state index < -0.39 is 16.1 Å². The minimum atomic E-state index is -3.87. The molecule has 0 atom stereocenters. The zero-order chi connectivity index (χ0) is 12.2. The molecule has 0 unspecified atom stereocenters. The van der Waals surface area contributed by atoms with E-state index >= 15 is 0 Å². The number of urea groups is 1. The Morgan fingerprint density at radius 1 is 1.38 bits per heavy atom. The quantitative estimate of drug-likeness (QED) is 0.802. The molecule has 0 aliphatic heterocycles. The average Bonchev–Trinajstić information content (AvgIpc) is 2.17. The number of hydrogen-bond acceptors (Lipinski definition) is 4. The van der Waals surface area contributed by atoms with E-state index in [-0.39, 0.29) is 4.90 Å². The van der Waals surface area contributed by atoms with Crippen LogP contribution >= 0.6 is 0 Å². The standard InChI is InChI=1S/C9H12N2O4S/c1-2-15-7-3-5-8(6-4-7)16(13,14)11-9(10)12/h3-6H,2H2,1H3,(H3,10,11,12). The first kappa shape index (κ1) is 12.3. The van der Waals surface area contributed by atoms with Gasteiger partial charge in [0.2, 0.25) is 0 Å². The molecule has 0 aliphatic carbocycles. The lowest BCUT2D eigenvalue weighted by Gasteiger charge is -2.06. The monoisotopic (exact) mass is 244 g/mol. The number of primary amides is 1. The summed E-state index contributed by atoms with van der Waals surface area (Å²) in [4.78, 5) is 10.4. The second-order valence-electron chi connectivity index (χ2n) is 2.87. The van der Waals surface area contributed by atoms with Crippen LogP contribution in [0.5, 0.6) is 5.75 Å². The highest BCUT2D eigenvalue weighted by molar-refractivity contribution is 7.90. The Morgan fingerprint density at radius 2 is 1.94 bits per heavy atom. The smallest absolute Gasteiger partial charge is 0.326 e. The molecule has 2 amide bonds. The molecule has 0 bridgehead atoms. The number of hydrogen-bond donors (Lipinski definition) is 2. The van der Waals surface area contributed by atoms with Crippen molar-refractivity contribution in [2.75, 3.05) is 6.61 Å². The fraction of sp³-hybridized carbons (Fsp3) is 0.222. The summed E-state index contributed by atoms with van der Waals surface area (Å²) in [6.45, 7) is 2.31. The van der Waals surface area contributed by atoms with Gasteiger partial charge in [0, 0.05) is 0 Å². The fourth-order valence-electron chi connectivity index (χ4n) is 1.07. The molecule has 0 saturated heterocycles. The van der Waals surface area contributed by atoms with Crippen molar-refractivity contribution in [2.45, 2.75) is 11.8 Å². The maximum absolute atomic E-state index is 11.5. The van der Waals surface area contributed by atoms with Crippen molar-refractivity contribution in [3.8, 4) is 5.75 Å². The third-order valence-electron chi connectivity index (χ3n) is 1.68. The van der Waals surface area contributed by atoms with E-state index in [1.165, 1.54) is 24.3 Å². The Hall–Kier alpha value is -1.76. The second-order valence-corrected chi connectivity index (χ2v) is 4.56. The molecule has 0 fully saturated rings. The third-order valence-corrected chi connectivity index (χ3v) is 3.04. The van der Waals surface area contributed by atoms with Gasteiger partial charge in [-0.25, -0.2) is 17.9 Å². The van der Waals surface area contributed by atoms with Crippen LogP contribution in [0.15, 0.2) is 29.2 Å². The highest BCUT2D eigenvalue weighted by Gasteiger charge is 2.15. The molecule has 0 saturated carbocycles. The van der Waals surface area contributed by atoms with Gasteiger partial charge in [0.1, 0.15) is 5.75 Å². The van der Waals surface area contributed by atoms with E-state index in [1.54, 1.807) is 4.72 Å². The minimum absolute atomic E-state index is 0.0465. The highest BCUT2D eigenvalue weighted by atomic mass is 32.2. The number of nitrogens with two attached hydrogens (primary N) is 1. The summed E-state index contributed by atoms with van der Waals surface area (Å²) in [7, 11) is -3.87. The number of sulfonamides is 1. The zero-order valence-electron chi connectivity index (χ0n) is 8.64. The molecule has 88 valence electrons. The Bertz CT molecular complexity index is 467. The number of nitrogens with one attached hydrogen (secondary N) is 1. The molecule has 7 heteroatoms.